The molecule has 0 bridgehead atoms. The van der Waals surface area contributed by atoms with Crippen LogP contribution in [0.2, 0.25) is 0 Å². The number of rotatable bonds is 3. The molecule has 0 unspecified atom stereocenters. The van der Waals surface area contributed by atoms with Crippen LogP contribution in [0.25, 0.3) is 11.6 Å². The Morgan fingerprint density at radius 1 is 1.32 bits per heavy atom. The summed E-state index contributed by atoms with van der Waals surface area (Å²) < 4.78 is 14.6. The number of fused-ring (bicyclic) bond motifs is 2. The predicted molar refractivity (Wildman–Crippen MR) is 121 cm³/mol. The Kier molecular flexibility index (Phi) is 4.78. The van der Waals surface area contributed by atoms with E-state index in [1.165, 1.54) is 11.1 Å². The van der Waals surface area contributed by atoms with Gasteiger partial charge >= 0.3 is 0 Å². The van der Waals surface area contributed by atoms with Gasteiger partial charge in [0, 0.05) is 63.7 Å². The second-order valence-corrected chi connectivity index (χ2v) is 8.65. The summed E-state index contributed by atoms with van der Waals surface area (Å²) in [6.07, 6.45) is 6.74. The Balaban J connectivity index is 1.51. The van der Waals surface area contributed by atoms with E-state index in [2.05, 4.69) is 39.7 Å². The zero-order chi connectivity index (χ0) is 21.7. The molecular formula is C24H26FN5O. The lowest BCUT2D eigenvalue weighted by atomic mass is 9.88. The van der Waals surface area contributed by atoms with Gasteiger partial charge in [-0.3, -0.25) is 15.1 Å². The van der Waals surface area contributed by atoms with Crippen LogP contribution >= 0.6 is 0 Å². The van der Waals surface area contributed by atoms with Crippen molar-refractivity contribution in [1.29, 1.82) is 0 Å². The third-order valence-corrected chi connectivity index (χ3v) is 6.28. The van der Waals surface area contributed by atoms with E-state index in [0.717, 1.165) is 54.0 Å². The molecule has 5 rings (SSSR count). The number of hydrogen-bond donors (Lipinski definition) is 1. The molecule has 3 heterocycles. The summed E-state index contributed by atoms with van der Waals surface area (Å²) in [6, 6.07) is 5.94. The third-order valence-electron chi connectivity index (χ3n) is 6.28. The van der Waals surface area contributed by atoms with Gasteiger partial charge in [-0.15, -0.1) is 0 Å². The molecule has 1 aromatic rings. The summed E-state index contributed by atoms with van der Waals surface area (Å²) >= 11 is 0. The molecule has 0 spiro atoms. The first-order valence-corrected chi connectivity index (χ1v) is 10.5. The van der Waals surface area contributed by atoms with Gasteiger partial charge in [0.05, 0.1) is 12.2 Å². The minimum absolute atomic E-state index is 0.116. The van der Waals surface area contributed by atoms with Gasteiger partial charge in [-0.05, 0) is 29.2 Å². The van der Waals surface area contributed by atoms with Crippen LogP contribution in [-0.4, -0.2) is 73.6 Å². The van der Waals surface area contributed by atoms with E-state index in [-0.39, 0.29) is 11.7 Å². The minimum Gasteiger partial charge on any atom is -0.375 e. The topological polar surface area (TPSA) is 51.2 Å². The van der Waals surface area contributed by atoms with Crippen LogP contribution in [0.4, 0.5) is 4.39 Å². The fourth-order valence-corrected chi connectivity index (χ4v) is 4.60. The number of amides is 1. The maximum Gasteiger partial charge on any atom is 0.236 e. The Labute approximate surface area is 181 Å². The molecule has 0 aromatic heterocycles. The number of carbonyl (C=O) groups excluding carboxylic acids is 1. The van der Waals surface area contributed by atoms with Gasteiger partial charge in [0.15, 0.2) is 5.83 Å². The highest BCUT2D eigenvalue weighted by Gasteiger charge is 2.32. The summed E-state index contributed by atoms with van der Waals surface area (Å²) in [4.78, 5) is 18.0. The van der Waals surface area contributed by atoms with Crippen molar-refractivity contribution in [3.05, 3.63) is 69.8 Å². The standard InChI is InChI=1S/C24H26FN5O/c1-28(2)21(31)14-30-9-7-15(8-10-30)18-12-29(3)13-19-17-6-4-5-16-11-20(25)24(22(16)17)27-26-23(18)19/h4-7,11,13,26H,8-10,12,14H2,1-3H3. The van der Waals surface area contributed by atoms with Gasteiger partial charge in [-0.2, -0.15) is 5.10 Å². The molecular weight excluding hydrogens is 393 g/mol. The predicted octanol–water partition coefficient (Wildman–Crippen LogP) is 2.58. The van der Waals surface area contributed by atoms with E-state index in [9.17, 15) is 9.18 Å². The minimum atomic E-state index is -0.303. The maximum absolute atomic E-state index is 14.6. The van der Waals surface area contributed by atoms with Crippen LogP contribution in [0.5, 0.6) is 0 Å². The first kappa shape index (κ1) is 19.8. The number of likely N-dealkylation sites (N-methyl/N-ethyl adjacent to an activating group) is 2. The average Bonchev–Trinajstić information content (AvgIpc) is 2.97. The number of nitrogens with zero attached hydrogens (tertiary/aromatic N) is 4. The van der Waals surface area contributed by atoms with E-state index >= 15 is 0 Å². The van der Waals surface area contributed by atoms with Crippen molar-refractivity contribution in [2.24, 2.45) is 5.10 Å². The summed E-state index contributed by atoms with van der Waals surface area (Å²) in [7, 11) is 5.63. The van der Waals surface area contributed by atoms with E-state index < -0.39 is 0 Å². The van der Waals surface area contributed by atoms with E-state index in [1.807, 2.05) is 18.2 Å². The van der Waals surface area contributed by atoms with Crippen molar-refractivity contribution in [2.75, 3.05) is 47.3 Å². The highest BCUT2D eigenvalue weighted by atomic mass is 19.1. The SMILES string of the molecule is CN1C=C2C(=C(C3=CCN(CC(=O)N(C)C)CC3)C1)NN=C1C(F)=Cc3cccc2c31. The lowest BCUT2D eigenvalue weighted by Gasteiger charge is -2.32. The number of nitrogens with one attached hydrogen (secondary N) is 1. The molecule has 4 aliphatic rings. The van der Waals surface area contributed by atoms with Crippen LogP contribution < -0.4 is 5.43 Å². The summed E-state index contributed by atoms with van der Waals surface area (Å²) in [5, 5.41) is 4.46. The van der Waals surface area contributed by atoms with Crippen molar-refractivity contribution >= 4 is 23.3 Å². The number of hydrogen-bond acceptors (Lipinski definition) is 5. The molecule has 1 N–H and O–H groups in total. The fraction of sp³-hybridized carbons (Fsp3) is 0.333. The van der Waals surface area contributed by atoms with Gasteiger partial charge < -0.3 is 9.80 Å². The third kappa shape index (κ3) is 3.39. The Hall–Kier alpha value is -3.19. The normalized spacial score (nSPS) is 20.1. The lowest BCUT2D eigenvalue weighted by molar-refractivity contribution is -0.129. The molecule has 7 heteroatoms. The fourth-order valence-electron chi connectivity index (χ4n) is 4.60. The van der Waals surface area contributed by atoms with Crippen LogP contribution in [0, 0.1) is 0 Å². The molecule has 160 valence electrons. The molecule has 1 aromatic carbocycles. The van der Waals surface area contributed by atoms with E-state index in [4.69, 9.17) is 0 Å². The van der Waals surface area contributed by atoms with E-state index in [0.29, 0.717) is 12.3 Å². The zero-order valence-electron chi connectivity index (χ0n) is 18.1. The Bertz CT molecular complexity index is 1120. The second kappa shape index (κ2) is 7.50. The van der Waals surface area contributed by atoms with Gasteiger partial charge in [0.1, 0.15) is 5.71 Å². The number of hydrazone groups is 1. The Morgan fingerprint density at radius 2 is 2.16 bits per heavy atom. The van der Waals surface area contributed by atoms with Crippen LogP contribution in [0.15, 0.2) is 58.2 Å². The number of carbonyl (C=O) groups is 1. The summed E-state index contributed by atoms with van der Waals surface area (Å²) in [6.45, 7) is 2.76. The van der Waals surface area contributed by atoms with Crippen molar-refractivity contribution in [2.45, 2.75) is 6.42 Å². The van der Waals surface area contributed by atoms with E-state index in [1.54, 1.807) is 25.1 Å². The summed E-state index contributed by atoms with van der Waals surface area (Å²) in [5.41, 5.74) is 10.7. The molecule has 1 amide bonds. The van der Waals surface area contributed by atoms with Crippen molar-refractivity contribution in [3.63, 3.8) is 0 Å². The molecule has 1 aliphatic carbocycles. The van der Waals surface area contributed by atoms with Gasteiger partial charge in [0.25, 0.3) is 0 Å². The first-order chi connectivity index (χ1) is 14.9. The zero-order valence-corrected chi connectivity index (χ0v) is 18.1. The van der Waals surface area contributed by atoms with Crippen molar-refractivity contribution in [3.8, 4) is 0 Å². The highest BCUT2D eigenvalue weighted by molar-refractivity contribution is 6.22. The molecule has 0 saturated carbocycles. The molecule has 0 atom stereocenters. The molecule has 0 radical (unpaired) electrons. The monoisotopic (exact) mass is 419 g/mol. The molecule has 0 fully saturated rings. The molecule has 0 saturated heterocycles. The van der Waals surface area contributed by atoms with Crippen LogP contribution in [-0.2, 0) is 4.79 Å². The summed E-state index contributed by atoms with van der Waals surface area (Å²) in [5.74, 6) is -0.187. The number of benzene rings is 1. The Morgan fingerprint density at radius 3 is 2.90 bits per heavy atom. The average molecular weight is 420 g/mol. The maximum atomic E-state index is 14.6. The van der Waals surface area contributed by atoms with Crippen LogP contribution in [0.1, 0.15) is 23.1 Å². The molecule has 3 aliphatic heterocycles. The van der Waals surface area contributed by atoms with Crippen LogP contribution in [0.3, 0.4) is 0 Å². The van der Waals surface area contributed by atoms with Crippen molar-refractivity contribution in [1.82, 2.24) is 20.1 Å². The van der Waals surface area contributed by atoms with Gasteiger partial charge in [0.2, 0.25) is 5.91 Å². The van der Waals surface area contributed by atoms with Crippen molar-refractivity contribution < 1.29 is 9.18 Å². The highest BCUT2D eigenvalue weighted by Crippen LogP contribution is 2.40. The molecule has 31 heavy (non-hydrogen) atoms. The number of halogens is 1. The first-order valence-electron chi connectivity index (χ1n) is 10.5. The largest absolute Gasteiger partial charge is 0.375 e. The lowest BCUT2D eigenvalue weighted by Crippen LogP contribution is -2.39. The van der Waals surface area contributed by atoms with Gasteiger partial charge in [-0.1, -0.05) is 24.3 Å². The quantitative estimate of drug-likeness (QED) is 0.818. The smallest absolute Gasteiger partial charge is 0.236 e. The number of allylic oxidation sites excluding steroid dienone is 2. The molecule has 6 nitrogen and oxygen atoms in total. The van der Waals surface area contributed by atoms with Gasteiger partial charge in [-0.25, -0.2) is 4.39 Å². The second-order valence-electron chi connectivity index (χ2n) is 8.65.